The molecule has 7 heteroatoms. The van der Waals surface area contributed by atoms with E-state index >= 15 is 0 Å². The number of halogens is 1. The number of nitrogens with one attached hydrogen (secondary N) is 1. The van der Waals surface area contributed by atoms with E-state index in [9.17, 15) is 14.0 Å². The fraction of sp³-hybridized carbons (Fsp3) is 0.0500. The zero-order valence-electron chi connectivity index (χ0n) is 14.1. The van der Waals surface area contributed by atoms with E-state index < -0.39 is 11.4 Å². The average molecular weight is 363 g/mol. The smallest absolute Gasteiger partial charge is 0.265 e. The van der Waals surface area contributed by atoms with E-state index in [1.54, 1.807) is 24.3 Å². The standard InChI is InChI=1S/C20H14FN3O3/c21-16-5-1-2-6-18(16)24-12-23-17-10-13(7-8-15(17)20(24)26)19(25)22-11-14-4-3-9-27-14/h1-10,12H,11H2,(H,22,25). The van der Waals surface area contributed by atoms with Crippen LogP contribution in [0.3, 0.4) is 0 Å². The first-order chi connectivity index (χ1) is 13.1. The van der Waals surface area contributed by atoms with E-state index in [2.05, 4.69) is 10.3 Å². The van der Waals surface area contributed by atoms with E-state index in [0.717, 1.165) is 4.57 Å². The minimum atomic E-state index is -0.519. The Morgan fingerprint density at radius 3 is 2.78 bits per heavy atom. The molecule has 134 valence electrons. The summed E-state index contributed by atoms with van der Waals surface area (Å²) in [5.74, 6) is -0.196. The Bertz CT molecular complexity index is 1180. The van der Waals surface area contributed by atoms with Crippen LogP contribution in [-0.4, -0.2) is 15.5 Å². The van der Waals surface area contributed by atoms with Crippen molar-refractivity contribution in [3.63, 3.8) is 0 Å². The summed E-state index contributed by atoms with van der Waals surface area (Å²) >= 11 is 0. The lowest BCUT2D eigenvalue weighted by Gasteiger charge is -2.08. The predicted molar refractivity (Wildman–Crippen MR) is 97.2 cm³/mol. The molecule has 1 amide bonds. The molecule has 1 N–H and O–H groups in total. The van der Waals surface area contributed by atoms with Gasteiger partial charge in [-0.25, -0.2) is 9.37 Å². The van der Waals surface area contributed by atoms with Gasteiger partial charge in [0.1, 0.15) is 17.9 Å². The number of hydrogen-bond acceptors (Lipinski definition) is 4. The van der Waals surface area contributed by atoms with Crippen LogP contribution in [0.5, 0.6) is 0 Å². The number of hydrogen-bond donors (Lipinski definition) is 1. The molecular formula is C20H14FN3O3. The molecule has 0 aliphatic carbocycles. The predicted octanol–water partition coefficient (Wildman–Crippen LogP) is 3.05. The highest BCUT2D eigenvalue weighted by Crippen LogP contribution is 2.14. The number of rotatable bonds is 4. The molecule has 27 heavy (non-hydrogen) atoms. The number of carbonyl (C=O) groups is 1. The summed E-state index contributed by atoms with van der Waals surface area (Å²) in [6, 6.07) is 14.0. The molecule has 0 atom stereocenters. The van der Waals surface area contributed by atoms with Crippen LogP contribution in [0.15, 0.2) is 76.4 Å². The van der Waals surface area contributed by atoms with E-state index in [-0.39, 0.29) is 18.1 Å². The molecule has 0 radical (unpaired) electrons. The SMILES string of the molecule is O=C(NCc1ccco1)c1ccc2c(=O)n(-c3ccccc3F)cnc2c1. The van der Waals surface area contributed by atoms with Gasteiger partial charge < -0.3 is 9.73 Å². The Balaban J connectivity index is 1.66. The maximum absolute atomic E-state index is 14.0. The fourth-order valence-corrected chi connectivity index (χ4v) is 2.76. The van der Waals surface area contributed by atoms with Gasteiger partial charge in [-0.05, 0) is 42.5 Å². The molecule has 0 unspecified atom stereocenters. The molecule has 0 spiro atoms. The molecule has 2 aromatic carbocycles. The van der Waals surface area contributed by atoms with E-state index in [1.807, 2.05) is 0 Å². The van der Waals surface area contributed by atoms with Gasteiger partial charge in [0.25, 0.3) is 11.5 Å². The highest BCUT2D eigenvalue weighted by Gasteiger charge is 2.12. The number of amides is 1. The Labute approximate surface area is 152 Å². The van der Waals surface area contributed by atoms with Crippen LogP contribution in [0.2, 0.25) is 0 Å². The maximum Gasteiger partial charge on any atom is 0.265 e. The molecule has 2 heterocycles. The molecule has 4 aromatic rings. The van der Waals surface area contributed by atoms with Crippen LogP contribution >= 0.6 is 0 Å². The Morgan fingerprint density at radius 1 is 1.15 bits per heavy atom. The van der Waals surface area contributed by atoms with Crippen molar-refractivity contribution in [1.29, 1.82) is 0 Å². The average Bonchev–Trinajstić information content (AvgIpc) is 3.20. The van der Waals surface area contributed by atoms with E-state index in [1.165, 1.54) is 42.9 Å². The molecule has 0 bridgehead atoms. The third kappa shape index (κ3) is 3.22. The van der Waals surface area contributed by atoms with Crippen LogP contribution in [0.25, 0.3) is 16.6 Å². The molecule has 0 aliphatic rings. The van der Waals surface area contributed by atoms with E-state index in [4.69, 9.17) is 4.42 Å². The van der Waals surface area contributed by atoms with Crippen LogP contribution < -0.4 is 10.9 Å². The molecule has 6 nitrogen and oxygen atoms in total. The first kappa shape index (κ1) is 16.7. The lowest BCUT2D eigenvalue weighted by molar-refractivity contribution is 0.0948. The summed E-state index contributed by atoms with van der Waals surface area (Å²) in [7, 11) is 0. The van der Waals surface area contributed by atoms with Crippen molar-refractivity contribution >= 4 is 16.8 Å². The van der Waals surface area contributed by atoms with Crippen molar-refractivity contribution < 1.29 is 13.6 Å². The van der Waals surface area contributed by atoms with Gasteiger partial charge in [0, 0.05) is 5.56 Å². The summed E-state index contributed by atoms with van der Waals surface area (Å²) in [6.45, 7) is 0.256. The lowest BCUT2D eigenvalue weighted by atomic mass is 10.1. The number of aromatic nitrogens is 2. The van der Waals surface area contributed by atoms with Gasteiger partial charge in [0.15, 0.2) is 0 Å². The van der Waals surface area contributed by atoms with Gasteiger partial charge in [0.2, 0.25) is 0 Å². The number of fused-ring (bicyclic) bond motifs is 1. The van der Waals surface area contributed by atoms with Gasteiger partial charge in [0.05, 0.1) is 29.4 Å². The number of carbonyl (C=O) groups excluding carboxylic acids is 1. The summed E-state index contributed by atoms with van der Waals surface area (Å²) in [6.07, 6.45) is 2.79. The third-order valence-corrected chi connectivity index (χ3v) is 4.14. The van der Waals surface area contributed by atoms with Crippen LogP contribution in [0.4, 0.5) is 4.39 Å². The highest BCUT2D eigenvalue weighted by atomic mass is 19.1. The van der Waals surface area contributed by atoms with Crippen molar-refractivity contribution in [3.8, 4) is 5.69 Å². The molecule has 0 saturated heterocycles. The van der Waals surface area contributed by atoms with Crippen molar-refractivity contribution in [3.05, 3.63) is 94.7 Å². The Hall–Kier alpha value is -3.74. The van der Waals surface area contributed by atoms with E-state index in [0.29, 0.717) is 22.2 Å². The summed E-state index contributed by atoms with van der Waals surface area (Å²) in [5.41, 5.74) is 0.438. The Morgan fingerprint density at radius 2 is 2.00 bits per heavy atom. The van der Waals surface area contributed by atoms with Crippen LogP contribution in [0.1, 0.15) is 16.1 Å². The molecule has 0 saturated carbocycles. The zero-order valence-corrected chi connectivity index (χ0v) is 14.1. The molecule has 0 fully saturated rings. The van der Waals surface area contributed by atoms with Gasteiger partial charge in [-0.3, -0.25) is 14.2 Å². The second-order valence-corrected chi connectivity index (χ2v) is 5.87. The normalized spacial score (nSPS) is 10.9. The second kappa shape index (κ2) is 6.87. The number of furan rings is 1. The van der Waals surface area contributed by atoms with Crippen LogP contribution in [0, 0.1) is 5.82 Å². The quantitative estimate of drug-likeness (QED) is 0.605. The summed E-state index contributed by atoms with van der Waals surface area (Å²) in [4.78, 5) is 29.2. The number of para-hydroxylation sites is 1. The second-order valence-electron chi connectivity index (χ2n) is 5.87. The number of nitrogens with zero attached hydrogens (tertiary/aromatic N) is 2. The monoisotopic (exact) mass is 363 g/mol. The van der Waals surface area contributed by atoms with Gasteiger partial charge in [-0.15, -0.1) is 0 Å². The molecule has 2 aromatic heterocycles. The first-order valence-corrected chi connectivity index (χ1v) is 8.20. The largest absolute Gasteiger partial charge is 0.467 e. The van der Waals surface area contributed by atoms with Gasteiger partial charge in [-0.2, -0.15) is 0 Å². The van der Waals surface area contributed by atoms with Gasteiger partial charge in [-0.1, -0.05) is 12.1 Å². The van der Waals surface area contributed by atoms with Crippen molar-refractivity contribution in [2.24, 2.45) is 0 Å². The van der Waals surface area contributed by atoms with Crippen molar-refractivity contribution in [2.75, 3.05) is 0 Å². The minimum Gasteiger partial charge on any atom is -0.467 e. The summed E-state index contributed by atoms with van der Waals surface area (Å²) in [5, 5.41) is 3.03. The van der Waals surface area contributed by atoms with Gasteiger partial charge >= 0.3 is 0 Å². The topological polar surface area (TPSA) is 77.1 Å². The van der Waals surface area contributed by atoms with Crippen molar-refractivity contribution in [1.82, 2.24) is 14.9 Å². The zero-order chi connectivity index (χ0) is 18.8. The van der Waals surface area contributed by atoms with Crippen LogP contribution in [-0.2, 0) is 6.54 Å². The highest BCUT2D eigenvalue weighted by molar-refractivity contribution is 5.97. The molecule has 4 rings (SSSR count). The summed E-state index contributed by atoms with van der Waals surface area (Å²) < 4.78 is 20.3. The lowest BCUT2D eigenvalue weighted by Crippen LogP contribution is -2.23. The maximum atomic E-state index is 14.0. The Kier molecular flexibility index (Phi) is 4.25. The third-order valence-electron chi connectivity index (χ3n) is 4.14. The minimum absolute atomic E-state index is 0.122. The van der Waals surface area contributed by atoms with Crippen molar-refractivity contribution in [2.45, 2.75) is 6.54 Å². The first-order valence-electron chi connectivity index (χ1n) is 8.20. The molecular weight excluding hydrogens is 349 g/mol. The molecule has 0 aliphatic heterocycles. The fourth-order valence-electron chi connectivity index (χ4n) is 2.76. The number of benzene rings is 2.